The summed E-state index contributed by atoms with van der Waals surface area (Å²) in [6.45, 7) is 3.01. The zero-order valence-electron chi connectivity index (χ0n) is 21.0. The molecular formula is C29H28FN5O3. The molecule has 0 fully saturated rings. The number of nitrogens with one attached hydrogen (secondary N) is 2. The molecule has 0 bridgehead atoms. The summed E-state index contributed by atoms with van der Waals surface area (Å²) in [7, 11) is 0. The van der Waals surface area contributed by atoms with E-state index in [1.807, 2.05) is 34.9 Å². The molecule has 5 rings (SSSR count). The van der Waals surface area contributed by atoms with Gasteiger partial charge in [-0.05, 0) is 23.8 Å². The number of hydrogen-bond donors (Lipinski definition) is 2. The molecule has 2 amide bonds. The van der Waals surface area contributed by atoms with E-state index in [1.54, 1.807) is 47.4 Å². The first kappa shape index (κ1) is 25.0. The van der Waals surface area contributed by atoms with Crippen molar-refractivity contribution in [3.05, 3.63) is 107 Å². The van der Waals surface area contributed by atoms with Crippen LogP contribution in [0.4, 0.5) is 15.9 Å². The van der Waals surface area contributed by atoms with Crippen LogP contribution >= 0.6 is 0 Å². The zero-order chi connectivity index (χ0) is 26.5. The van der Waals surface area contributed by atoms with Crippen molar-refractivity contribution in [2.75, 3.05) is 23.7 Å². The van der Waals surface area contributed by atoms with Gasteiger partial charge in [0.15, 0.2) is 11.5 Å². The molecule has 2 heterocycles. The lowest BCUT2D eigenvalue weighted by atomic mass is 10.2. The van der Waals surface area contributed by atoms with Gasteiger partial charge in [-0.15, -0.1) is 0 Å². The maximum Gasteiger partial charge on any atom is 0.274 e. The molecule has 1 aliphatic rings. The first-order chi connectivity index (χ1) is 18.5. The van der Waals surface area contributed by atoms with Crippen LogP contribution in [0.25, 0.3) is 0 Å². The fourth-order valence-corrected chi connectivity index (χ4v) is 4.44. The minimum Gasteiger partial charge on any atom is -0.486 e. The Morgan fingerprint density at radius 3 is 2.63 bits per heavy atom. The molecule has 3 aromatic carbocycles. The van der Waals surface area contributed by atoms with E-state index in [1.165, 1.54) is 13.0 Å². The molecule has 0 radical (unpaired) electrons. The molecule has 0 unspecified atom stereocenters. The predicted molar refractivity (Wildman–Crippen MR) is 142 cm³/mol. The number of carbonyl (C=O) groups is 2. The van der Waals surface area contributed by atoms with E-state index in [4.69, 9.17) is 9.72 Å². The summed E-state index contributed by atoms with van der Waals surface area (Å²) in [4.78, 5) is 31.6. The Morgan fingerprint density at radius 1 is 1.05 bits per heavy atom. The Bertz CT molecular complexity index is 1450. The Labute approximate surface area is 220 Å². The number of ether oxygens (including phenoxy) is 1. The predicted octanol–water partition coefficient (Wildman–Crippen LogP) is 4.68. The van der Waals surface area contributed by atoms with Gasteiger partial charge in [0.05, 0.1) is 0 Å². The number of halogens is 1. The average molecular weight is 514 g/mol. The lowest BCUT2D eigenvalue weighted by Gasteiger charge is -2.22. The third-order valence-corrected chi connectivity index (χ3v) is 6.24. The monoisotopic (exact) mass is 513 g/mol. The second-order valence-electron chi connectivity index (χ2n) is 9.04. The second kappa shape index (κ2) is 11.2. The quantitative estimate of drug-likeness (QED) is 0.357. The van der Waals surface area contributed by atoms with Gasteiger partial charge < -0.3 is 24.8 Å². The number of hydrogen-bond acceptors (Lipinski definition) is 5. The Hall–Kier alpha value is -4.66. The van der Waals surface area contributed by atoms with Crippen LogP contribution in [-0.2, 0) is 24.5 Å². The standard InChI is InChI=1S/C29H28FN5O3/c1-20(36)32-23-11-7-12-24(16-23)38-19-26-33-28-27(35(26)17-21-8-3-2-4-9-21)29(37)34(15-14-31-28)18-22-10-5-6-13-25(22)30/h2-13,16,31H,14-15,17-19H2,1H3,(H,32,36). The molecule has 1 aliphatic heterocycles. The normalized spacial score (nSPS) is 12.9. The van der Waals surface area contributed by atoms with Crippen LogP contribution in [-0.4, -0.2) is 39.4 Å². The molecule has 0 saturated carbocycles. The minimum absolute atomic E-state index is 0.103. The van der Waals surface area contributed by atoms with E-state index in [0.717, 1.165) is 5.56 Å². The first-order valence-electron chi connectivity index (χ1n) is 12.4. The number of benzene rings is 3. The molecule has 0 spiro atoms. The summed E-state index contributed by atoms with van der Waals surface area (Å²) in [6.07, 6.45) is 0. The van der Waals surface area contributed by atoms with Gasteiger partial charge in [-0.1, -0.05) is 54.6 Å². The highest BCUT2D eigenvalue weighted by molar-refractivity contribution is 5.98. The van der Waals surface area contributed by atoms with E-state index < -0.39 is 0 Å². The molecule has 0 aliphatic carbocycles. The molecule has 2 N–H and O–H groups in total. The Kier molecular flexibility index (Phi) is 7.35. The number of aromatic nitrogens is 2. The van der Waals surface area contributed by atoms with Gasteiger partial charge in [-0.2, -0.15) is 0 Å². The topological polar surface area (TPSA) is 88.5 Å². The van der Waals surface area contributed by atoms with E-state index in [2.05, 4.69) is 10.6 Å². The van der Waals surface area contributed by atoms with E-state index in [0.29, 0.717) is 54.0 Å². The molecule has 0 atom stereocenters. The molecule has 9 heteroatoms. The SMILES string of the molecule is CC(=O)Nc1cccc(OCc2nc3c(n2Cc2ccccc2)C(=O)N(Cc2ccccc2F)CCN3)c1. The van der Waals surface area contributed by atoms with Crippen LogP contribution in [0.5, 0.6) is 5.75 Å². The Morgan fingerprint density at radius 2 is 1.84 bits per heavy atom. The van der Waals surface area contributed by atoms with Crippen molar-refractivity contribution in [2.45, 2.75) is 26.6 Å². The number of fused-ring (bicyclic) bond motifs is 1. The molecule has 0 saturated heterocycles. The van der Waals surface area contributed by atoms with Crippen molar-refractivity contribution in [3.63, 3.8) is 0 Å². The fourth-order valence-electron chi connectivity index (χ4n) is 4.44. The van der Waals surface area contributed by atoms with Gasteiger partial charge in [0, 0.05) is 50.4 Å². The second-order valence-corrected chi connectivity index (χ2v) is 9.04. The number of amides is 2. The van der Waals surface area contributed by atoms with Gasteiger partial charge in [-0.25, -0.2) is 9.37 Å². The first-order valence-corrected chi connectivity index (χ1v) is 12.4. The summed E-state index contributed by atoms with van der Waals surface area (Å²) in [5, 5.41) is 6.01. The van der Waals surface area contributed by atoms with E-state index in [-0.39, 0.29) is 30.8 Å². The van der Waals surface area contributed by atoms with Crippen LogP contribution in [0.1, 0.15) is 34.4 Å². The summed E-state index contributed by atoms with van der Waals surface area (Å²) in [6, 6.07) is 23.4. The molecular weight excluding hydrogens is 485 g/mol. The summed E-state index contributed by atoms with van der Waals surface area (Å²) < 4.78 is 22.3. The zero-order valence-corrected chi connectivity index (χ0v) is 21.0. The van der Waals surface area contributed by atoms with Gasteiger partial charge in [0.2, 0.25) is 5.91 Å². The van der Waals surface area contributed by atoms with Crippen molar-refractivity contribution in [3.8, 4) is 5.75 Å². The summed E-state index contributed by atoms with van der Waals surface area (Å²) in [5.74, 6) is 0.863. The van der Waals surface area contributed by atoms with Crippen molar-refractivity contribution in [2.24, 2.45) is 0 Å². The maximum atomic E-state index is 14.4. The lowest BCUT2D eigenvalue weighted by Crippen LogP contribution is -2.34. The minimum atomic E-state index is -0.342. The Balaban J connectivity index is 1.46. The maximum absolute atomic E-state index is 14.4. The highest BCUT2D eigenvalue weighted by Crippen LogP contribution is 2.26. The van der Waals surface area contributed by atoms with Crippen molar-refractivity contribution < 1.29 is 18.7 Å². The number of imidazole rings is 1. The van der Waals surface area contributed by atoms with Crippen molar-refractivity contribution >= 4 is 23.3 Å². The highest BCUT2D eigenvalue weighted by Gasteiger charge is 2.30. The average Bonchev–Trinajstić information content (AvgIpc) is 3.16. The third kappa shape index (κ3) is 5.67. The van der Waals surface area contributed by atoms with Gasteiger partial charge >= 0.3 is 0 Å². The van der Waals surface area contributed by atoms with Crippen LogP contribution in [0.3, 0.4) is 0 Å². The fraction of sp³-hybridized carbons (Fsp3) is 0.207. The van der Waals surface area contributed by atoms with E-state index >= 15 is 0 Å². The summed E-state index contributed by atoms with van der Waals surface area (Å²) in [5.41, 5.74) is 2.49. The van der Waals surface area contributed by atoms with Gasteiger partial charge in [0.25, 0.3) is 5.91 Å². The van der Waals surface area contributed by atoms with Crippen LogP contribution in [0.2, 0.25) is 0 Å². The largest absolute Gasteiger partial charge is 0.486 e. The van der Waals surface area contributed by atoms with Crippen LogP contribution in [0.15, 0.2) is 78.9 Å². The van der Waals surface area contributed by atoms with E-state index in [9.17, 15) is 14.0 Å². The van der Waals surface area contributed by atoms with Gasteiger partial charge in [0.1, 0.15) is 24.0 Å². The smallest absolute Gasteiger partial charge is 0.274 e. The third-order valence-electron chi connectivity index (χ3n) is 6.24. The molecule has 194 valence electrons. The van der Waals surface area contributed by atoms with Gasteiger partial charge in [-0.3, -0.25) is 9.59 Å². The molecule has 4 aromatic rings. The van der Waals surface area contributed by atoms with Crippen molar-refractivity contribution in [1.29, 1.82) is 0 Å². The van der Waals surface area contributed by atoms with Crippen molar-refractivity contribution in [1.82, 2.24) is 14.5 Å². The number of anilines is 2. The number of carbonyl (C=O) groups excluding carboxylic acids is 2. The number of rotatable bonds is 8. The molecule has 1 aromatic heterocycles. The van der Waals surface area contributed by atoms with Crippen LogP contribution in [0, 0.1) is 5.82 Å². The molecule has 8 nitrogen and oxygen atoms in total. The number of nitrogens with zero attached hydrogens (tertiary/aromatic N) is 3. The highest BCUT2D eigenvalue weighted by atomic mass is 19.1. The van der Waals surface area contributed by atoms with Crippen LogP contribution < -0.4 is 15.4 Å². The lowest BCUT2D eigenvalue weighted by molar-refractivity contribution is -0.114. The molecule has 38 heavy (non-hydrogen) atoms. The summed E-state index contributed by atoms with van der Waals surface area (Å²) >= 11 is 0.